The number of hydrogen-bond acceptors (Lipinski definition) is 14. The number of aromatic nitrogens is 3. The van der Waals surface area contributed by atoms with Gasteiger partial charge in [0, 0.05) is 82.4 Å². The number of aliphatic hydroxyl groups excluding tert-OH is 1. The molecule has 5 atom stereocenters. The van der Waals surface area contributed by atoms with Crippen LogP contribution >= 0.6 is 11.3 Å². The van der Waals surface area contributed by atoms with Gasteiger partial charge in [0.2, 0.25) is 23.6 Å². The standard InChI is InChI=1S/C56H72N10O7S/c1-36(39-19-21-40(22-20-39)51-37(2)58-35-74-51)59-54(71)46-30-42(67)33-66(46)55(72)52(56(3,4)5)60-49(69)15-7-6-8-16-50(70)65-28-26-64(27-29-65)41-23-17-38(18-24-41)32-63-25-11-12-43(34-63)73-48-31-45(61-62-53(48)57)44-13-9-10-14-47(44)68/h9-10,13-14,17-24,31,35-36,42-43,46,52,67-68H,6-8,11-12,15-16,25-30,32-34H2,1-5H3,(H2,57,62)(H,59,71)(H,60,69). The summed E-state index contributed by atoms with van der Waals surface area (Å²) in [6.45, 7) is 14.7. The van der Waals surface area contributed by atoms with Crippen molar-refractivity contribution in [2.45, 2.75) is 123 Å². The van der Waals surface area contributed by atoms with E-state index in [-0.39, 0.29) is 60.8 Å². The predicted molar refractivity (Wildman–Crippen MR) is 287 cm³/mol. The molecule has 3 aromatic carbocycles. The maximum Gasteiger partial charge on any atom is 0.246 e. The average molecular weight is 1030 g/mol. The second-order valence-electron chi connectivity index (χ2n) is 21.1. The number of amides is 4. The van der Waals surface area contributed by atoms with Crippen LogP contribution in [0.4, 0.5) is 11.5 Å². The largest absolute Gasteiger partial charge is 0.507 e. The summed E-state index contributed by atoms with van der Waals surface area (Å²) in [5.74, 6) is -0.109. The third kappa shape index (κ3) is 13.6. The van der Waals surface area contributed by atoms with E-state index in [0.29, 0.717) is 55.8 Å². The summed E-state index contributed by atoms with van der Waals surface area (Å²) >= 11 is 1.58. The van der Waals surface area contributed by atoms with Crippen LogP contribution < -0.4 is 26.0 Å². The van der Waals surface area contributed by atoms with E-state index in [9.17, 15) is 29.4 Å². The second kappa shape index (κ2) is 24.1. The molecule has 3 fully saturated rings. The van der Waals surface area contributed by atoms with Crippen molar-refractivity contribution in [1.82, 2.24) is 40.5 Å². The number of nitrogens with one attached hydrogen (secondary N) is 2. The molecule has 2 aromatic heterocycles. The maximum atomic E-state index is 14.2. The molecule has 17 nitrogen and oxygen atoms in total. The number of para-hydroxylation sites is 1. The van der Waals surface area contributed by atoms with Gasteiger partial charge in [0.05, 0.1) is 28.2 Å². The van der Waals surface area contributed by atoms with Crippen molar-refractivity contribution in [1.29, 1.82) is 0 Å². The first kappa shape index (κ1) is 53.7. The Hall–Kier alpha value is -6.63. The minimum Gasteiger partial charge on any atom is -0.507 e. The number of anilines is 2. The molecule has 0 aliphatic carbocycles. The van der Waals surface area contributed by atoms with Crippen LogP contribution in [0.1, 0.15) is 102 Å². The molecule has 74 heavy (non-hydrogen) atoms. The molecule has 5 aromatic rings. The third-order valence-electron chi connectivity index (χ3n) is 14.4. The van der Waals surface area contributed by atoms with Crippen molar-refractivity contribution >= 4 is 46.5 Å². The quantitative estimate of drug-likeness (QED) is 0.0567. The van der Waals surface area contributed by atoms with Gasteiger partial charge in [-0.25, -0.2) is 4.98 Å². The highest BCUT2D eigenvalue weighted by atomic mass is 32.1. The van der Waals surface area contributed by atoms with Crippen LogP contribution in [0.15, 0.2) is 84.4 Å². The Kier molecular flexibility index (Phi) is 17.5. The molecule has 18 heteroatoms. The molecule has 394 valence electrons. The Morgan fingerprint density at radius 3 is 2.32 bits per heavy atom. The van der Waals surface area contributed by atoms with E-state index in [4.69, 9.17) is 10.5 Å². The number of piperazine rings is 1. The molecule has 0 bridgehead atoms. The number of benzene rings is 3. The van der Waals surface area contributed by atoms with Gasteiger partial charge in [0.1, 0.15) is 29.6 Å². The van der Waals surface area contributed by atoms with E-state index in [2.05, 4.69) is 59.9 Å². The first-order chi connectivity index (χ1) is 35.5. The lowest BCUT2D eigenvalue weighted by molar-refractivity contribution is -0.144. The van der Waals surface area contributed by atoms with Gasteiger partial charge in [-0.05, 0) is 92.4 Å². The zero-order valence-electron chi connectivity index (χ0n) is 43.3. The molecule has 5 unspecified atom stereocenters. The Labute approximate surface area is 438 Å². The summed E-state index contributed by atoms with van der Waals surface area (Å²) in [6.07, 6.45) is 3.58. The van der Waals surface area contributed by atoms with E-state index in [1.165, 1.54) is 10.5 Å². The lowest BCUT2D eigenvalue weighted by atomic mass is 9.85. The van der Waals surface area contributed by atoms with E-state index < -0.39 is 29.5 Å². The van der Waals surface area contributed by atoms with Crippen molar-refractivity contribution in [3.8, 4) is 33.2 Å². The molecule has 0 saturated carbocycles. The number of thiazole rings is 1. The fourth-order valence-corrected chi connectivity index (χ4v) is 11.0. The summed E-state index contributed by atoms with van der Waals surface area (Å²) in [6, 6.07) is 23.2. The number of nitrogens with two attached hydrogens (primary N) is 1. The number of aromatic hydroxyl groups is 1. The number of nitrogens with zero attached hydrogens (tertiary/aromatic N) is 7. The first-order valence-electron chi connectivity index (χ1n) is 26.0. The monoisotopic (exact) mass is 1030 g/mol. The lowest BCUT2D eigenvalue weighted by Crippen LogP contribution is -2.57. The minimum atomic E-state index is -0.908. The van der Waals surface area contributed by atoms with Gasteiger partial charge in [0.25, 0.3) is 0 Å². The van der Waals surface area contributed by atoms with E-state index in [0.717, 1.165) is 73.0 Å². The number of rotatable bonds is 18. The number of aryl methyl sites for hydroxylation is 1. The van der Waals surface area contributed by atoms with Gasteiger partial charge in [-0.15, -0.1) is 21.5 Å². The zero-order chi connectivity index (χ0) is 52.5. The smallest absolute Gasteiger partial charge is 0.246 e. The number of piperidine rings is 1. The number of β-amino-alcohol motifs (C(OH)–C–C–N with tert-alkyl or cyclic N) is 1. The molecule has 0 spiro atoms. The highest BCUT2D eigenvalue weighted by Gasteiger charge is 2.44. The predicted octanol–water partition coefficient (Wildman–Crippen LogP) is 6.88. The number of ether oxygens (including phenoxy) is 1. The molecular formula is C56H72N10O7S. The van der Waals surface area contributed by atoms with Gasteiger partial charge in [0.15, 0.2) is 11.6 Å². The van der Waals surface area contributed by atoms with Crippen molar-refractivity contribution in [3.05, 3.63) is 101 Å². The Morgan fingerprint density at radius 1 is 0.892 bits per heavy atom. The van der Waals surface area contributed by atoms with Gasteiger partial charge < -0.3 is 46.0 Å². The third-order valence-corrected chi connectivity index (χ3v) is 15.4. The number of carbonyl (C=O) groups excluding carboxylic acids is 4. The molecule has 4 amide bonds. The molecule has 6 N–H and O–H groups in total. The Bertz CT molecular complexity index is 2720. The zero-order valence-corrected chi connectivity index (χ0v) is 44.2. The van der Waals surface area contributed by atoms with Crippen LogP contribution in [0.5, 0.6) is 11.5 Å². The normalized spacial score (nSPS) is 19.2. The van der Waals surface area contributed by atoms with Crippen molar-refractivity contribution < 1.29 is 34.1 Å². The van der Waals surface area contributed by atoms with Crippen LogP contribution in [0.2, 0.25) is 0 Å². The number of aliphatic hydroxyl groups is 1. The molecule has 5 heterocycles. The molecular weight excluding hydrogens is 957 g/mol. The molecule has 8 rings (SSSR count). The second-order valence-corrected chi connectivity index (χ2v) is 21.9. The molecule has 0 radical (unpaired) electrons. The number of carbonyl (C=O) groups is 4. The number of nitrogen functional groups attached to an aromatic ring is 1. The first-order valence-corrected chi connectivity index (χ1v) is 26.9. The molecule has 3 aliphatic heterocycles. The van der Waals surface area contributed by atoms with Crippen LogP contribution in [0, 0.1) is 12.3 Å². The number of phenols is 1. The Balaban J connectivity index is 0.731. The van der Waals surface area contributed by atoms with Crippen LogP contribution in [0.25, 0.3) is 21.7 Å². The van der Waals surface area contributed by atoms with Gasteiger partial charge in [-0.3, -0.25) is 24.1 Å². The van der Waals surface area contributed by atoms with Gasteiger partial charge >= 0.3 is 0 Å². The van der Waals surface area contributed by atoms with Crippen LogP contribution in [-0.4, -0.2) is 134 Å². The van der Waals surface area contributed by atoms with Gasteiger partial charge in [-0.2, -0.15) is 0 Å². The summed E-state index contributed by atoms with van der Waals surface area (Å²) in [4.78, 5) is 67.9. The summed E-state index contributed by atoms with van der Waals surface area (Å²) in [5, 5.41) is 35.3. The lowest BCUT2D eigenvalue weighted by Gasteiger charge is -2.36. The maximum absolute atomic E-state index is 14.2. The topological polar surface area (TPSA) is 220 Å². The number of likely N-dealkylation sites (tertiary alicyclic amines) is 2. The number of unbranched alkanes of at least 4 members (excludes halogenated alkanes) is 2. The van der Waals surface area contributed by atoms with E-state index >= 15 is 0 Å². The molecule has 3 aliphatic rings. The van der Waals surface area contributed by atoms with Crippen molar-refractivity contribution in [2.75, 3.05) is 56.4 Å². The summed E-state index contributed by atoms with van der Waals surface area (Å²) in [7, 11) is 0. The highest BCUT2D eigenvalue weighted by Crippen LogP contribution is 2.33. The minimum absolute atomic E-state index is 0.00130. The highest BCUT2D eigenvalue weighted by molar-refractivity contribution is 7.13. The summed E-state index contributed by atoms with van der Waals surface area (Å²) in [5.41, 5.74) is 13.6. The number of hydrogen-bond donors (Lipinski definition) is 5. The van der Waals surface area contributed by atoms with Gasteiger partial charge in [-0.1, -0.05) is 75.7 Å². The SMILES string of the molecule is Cc1ncsc1-c1ccc(C(C)NC(=O)C2CC(O)CN2C(=O)C(NC(=O)CCCCCC(=O)N2CCN(c3ccc(CN4CCCC(Oc5cc(-c6ccccc6O)nnc5N)C4)cc3)CC2)C(C)(C)C)cc1. The van der Waals surface area contributed by atoms with Crippen LogP contribution in [-0.2, 0) is 25.7 Å². The number of phenolic OH excluding ortho intramolecular Hbond substituents is 1. The fourth-order valence-electron chi connectivity index (χ4n) is 10.2. The van der Waals surface area contributed by atoms with E-state index in [1.807, 2.05) is 75.4 Å². The summed E-state index contributed by atoms with van der Waals surface area (Å²) < 4.78 is 6.37. The van der Waals surface area contributed by atoms with Crippen LogP contribution in [0.3, 0.4) is 0 Å². The van der Waals surface area contributed by atoms with E-state index in [1.54, 1.807) is 35.6 Å². The van der Waals surface area contributed by atoms with Crippen molar-refractivity contribution in [3.63, 3.8) is 0 Å². The van der Waals surface area contributed by atoms with Crippen molar-refractivity contribution in [2.24, 2.45) is 5.41 Å². The molecule has 3 saturated heterocycles. The Morgan fingerprint density at radius 2 is 1.62 bits per heavy atom. The fraction of sp³-hybridized carbons (Fsp3) is 0.482. The average Bonchev–Trinajstić information content (AvgIpc) is 4.01.